The average molecular weight is 1030 g/mol. The Bertz CT molecular complexity index is 2760. The normalized spacial score (nSPS) is 26.5. The molecule has 0 aromatic heterocycles. The first-order valence-electron chi connectivity index (χ1n) is 26.8. The van der Waals surface area contributed by atoms with Gasteiger partial charge in [-0.25, -0.2) is 0 Å². The number of carbonyl (C=O) groups is 4. The molecule has 380 valence electrons. The molecule has 4 amide bonds. The number of rotatable bonds is 8. The smallest absolute Gasteiger partial charge is 0.251 e. The van der Waals surface area contributed by atoms with E-state index in [0.29, 0.717) is 34.3 Å². The maximum absolute atomic E-state index is 14.2. The molecule has 10 nitrogen and oxygen atoms in total. The zero-order valence-electron chi connectivity index (χ0n) is 41.6. The highest BCUT2D eigenvalue weighted by Gasteiger charge is 2.51. The van der Waals surface area contributed by atoms with Gasteiger partial charge in [0.1, 0.15) is 0 Å². The second kappa shape index (κ2) is 22.1. The summed E-state index contributed by atoms with van der Waals surface area (Å²) in [4.78, 5) is 58.6. The maximum Gasteiger partial charge on any atom is 0.251 e. The molecule has 6 aromatic carbocycles. The van der Waals surface area contributed by atoms with Crippen molar-refractivity contribution in [2.45, 2.75) is 100 Å². The van der Waals surface area contributed by atoms with Crippen LogP contribution >= 0.6 is 23.2 Å². The van der Waals surface area contributed by atoms with Gasteiger partial charge in [-0.1, -0.05) is 170 Å². The number of benzene rings is 6. The number of hydrogen-bond donors (Lipinski definition) is 4. The van der Waals surface area contributed by atoms with Crippen molar-refractivity contribution in [3.63, 3.8) is 0 Å². The number of hydrogen-bond acceptors (Lipinski definition) is 6. The van der Waals surface area contributed by atoms with Crippen LogP contribution in [0.2, 0.25) is 10.0 Å². The lowest BCUT2D eigenvalue weighted by Gasteiger charge is -2.42. The van der Waals surface area contributed by atoms with Crippen LogP contribution in [0.3, 0.4) is 0 Å². The summed E-state index contributed by atoms with van der Waals surface area (Å²) in [7, 11) is 0. The van der Waals surface area contributed by atoms with Crippen LogP contribution < -0.4 is 21.3 Å². The van der Waals surface area contributed by atoms with Crippen molar-refractivity contribution >= 4 is 58.2 Å². The number of fused-ring (bicyclic) bond motifs is 6. The van der Waals surface area contributed by atoms with Crippen LogP contribution in [0.1, 0.15) is 131 Å². The van der Waals surface area contributed by atoms with Crippen molar-refractivity contribution in [3.8, 4) is 0 Å². The highest BCUT2D eigenvalue weighted by molar-refractivity contribution is 6.33. The maximum atomic E-state index is 14.2. The van der Waals surface area contributed by atoms with Gasteiger partial charge in [-0.15, -0.1) is 0 Å². The van der Waals surface area contributed by atoms with Crippen molar-refractivity contribution in [3.05, 3.63) is 201 Å². The molecule has 12 heteroatoms. The molecule has 2 saturated heterocycles. The topological polar surface area (TPSA) is 123 Å². The number of nitrogens with zero attached hydrogens (tertiary/aromatic N) is 2. The van der Waals surface area contributed by atoms with E-state index in [4.69, 9.17) is 23.2 Å². The second-order valence-corrected chi connectivity index (χ2v) is 21.8. The van der Waals surface area contributed by atoms with Crippen molar-refractivity contribution < 1.29 is 19.2 Å². The number of amides is 4. The lowest BCUT2D eigenvalue weighted by molar-refractivity contribution is -0.139. The number of carbonyl (C=O) groups excluding carboxylic acids is 4. The molecular formula is C62H64Cl2N6O4. The van der Waals surface area contributed by atoms with Crippen LogP contribution in [0.15, 0.2) is 158 Å². The third kappa shape index (κ3) is 9.91. The minimum absolute atomic E-state index is 0.0416. The van der Waals surface area contributed by atoms with E-state index in [0.717, 1.165) is 86.7 Å². The number of nitrogens with one attached hydrogen (secondary N) is 4. The monoisotopic (exact) mass is 1030 g/mol. The van der Waals surface area contributed by atoms with Crippen LogP contribution in [-0.2, 0) is 9.59 Å². The third-order valence-corrected chi connectivity index (χ3v) is 17.5. The quantitative estimate of drug-likeness (QED) is 0.120. The first-order valence-corrected chi connectivity index (χ1v) is 27.5. The van der Waals surface area contributed by atoms with Gasteiger partial charge in [0.05, 0.1) is 57.4 Å². The molecule has 2 aliphatic carbocycles. The Morgan fingerprint density at radius 2 is 0.797 bits per heavy atom. The molecule has 0 unspecified atom stereocenters. The van der Waals surface area contributed by atoms with E-state index in [1.54, 1.807) is 0 Å². The Kier molecular flexibility index (Phi) is 14.8. The number of anilines is 2. The van der Waals surface area contributed by atoms with E-state index >= 15 is 0 Å². The molecule has 6 aliphatic rings. The van der Waals surface area contributed by atoms with Gasteiger partial charge >= 0.3 is 0 Å². The Labute approximate surface area is 444 Å². The zero-order chi connectivity index (χ0) is 50.7. The van der Waals surface area contributed by atoms with Gasteiger partial charge in [0.15, 0.2) is 0 Å². The van der Waals surface area contributed by atoms with Gasteiger partial charge in [-0.3, -0.25) is 19.2 Å². The number of halogens is 2. The predicted octanol–water partition coefficient (Wildman–Crippen LogP) is 12.8. The standard InChI is InChI=1S/2C31H32ClN3O2/c2*32-25-16-9-15-23-28(25)34-27(20-10-3-1-4-11-20)24-18-19-35(29(23)24)31(37)22-14-7-8-17-26(22)33-30(36)21-12-5-2-6-13-21/h2*1-6,9-13,15-16,22,24,26-27,29,34H,7-8,14,17-19H2,(H,33,36)/t22-,24+,26+,27-,29-;22-,24-,26+,27+,29+/m00/s1. The first-order chi connectivity index (χ1) is 36.2. The summed E-state index contributed by atoms with van der Waals surface area (Å²) in [6.45, 7) is 1.42. The van der Waals surface area contributed by atoms with Crippen molar-refractivity contribution in [1.29, 1.82) is 0 Å². The van der Waals surface area contributed by atoms with Gasteiger partial charge in [-0.2, -0.15) is 0 Å². The summed E-state index contributed by atoms with van der Waals surface area (Å²) in [5, 5.41) is 15.2. The minimum Gasteiger partial charge on any atom is -0.376 e. The molecular weight excluding hydrogens is 964 g/mol. The molecule has 0 radical (unpaired) electrons. The highest BCUT2D eigenvalue weighted by Crippen LogP contribution is 2.55. The first kappa shape index (κ1) is 49.6. The van der Waals surface area contributed by atoms with Crippen molar-refractivity contribution in [1.82, 2.24) is 20.4 Å². The van der Waals surface area contributed by atoms with E-state index < -0.39 is 0 Å². The van der Waals surface area contributed by atoms with Gasteiger partial charge in [-0.05, 0) is 97.2 Å². The molecule has 0 spiro atoms. The van der Waals surface area contributed by atoms with E-state index in [9.17, 15) is 19.2 Å². The van der Waals surface area contributed by atoms with E-state index in [1.807, 2.05) is 97.1 Å². The van der Waals surface area contributed by atoms with Gasteiger partial charge in [0.2, 0.25) is 11.8 Å². The molecule has 12 rings (SSSR count). The van der Waals surface area contributed by atoms with E-state index in [2.05, 4.69) is 91.7 Å². The molecule has 4 N–H and O–H groups in total. The molecule has 4 heterocycles. The van der Waals surface area contributed by atoms with Crippen LogP contribution in [0.5, 0.6) is 0 Å². The molecule has 2 saturated carbocycles. The fraction of sp³-hybridized carbons (Fsp3) is 0.355. The summed E-state index contributed by atoms with van der Waals surface area (Å²) < 4.78 is 0. The summed E-state index contributed by atoms with van der Waals surface area (Å²) in [5.74, 6) is 0.174. The van der Waals surface area contributed by atoms with Gasteiger partial charge in [0, 0.05) is 48.1 Å². The molecule has 0 bridgehead atoms. The van der Waals surface area contributed by atoms with Crippen LogP contribution in [0.4, 0.5) is 11.4 Å². The molecule has 74 heavy (non-hydrogen) atoms. The predicted molar refractivity (Wildman–Crippen MR) is 293 cm³/mol. The summed E-state index contributed by atoms with van der Waals surface area (Å²) in [6.07, 6.45) is 9.15. The fourth-order valence-electron chi connectivity index (χ4n) is 13.3. The zero-order valence-corrected chi connectivity index (χ0v) is 43.1. The fourth-order valence-corrected chi connectivity index (χ4v) is 13.8. The summed E-state index contributed by atoms with van der Waals surface area (Å²) in [6, 6.07) is 51.2. The van der Waals surface area contributed by atoms with E-state index in [1.165, 1.54) is 11.1 Å². The van der Waals surface area contributed by atoms with Gasteiger partial charge < -0.3 is 31.1 Å². The van der Waals surface area contributed by atoms with Crippen molar-refractivity contribution in [2.24, 2.45) is 23.7 Å². The lowest BCUT2D eigenvalue weighted by atomic mass is 9.79. The molecule has 6 aromatic rings. The van der Waals surface area contributed by atoms with E-state index in [-0.39, 0.29) is 83.6 Å². The Morgan fingerprint density at radius 1 is 0.432 bits per heavy atom. The highest BCUT2D eigenvalue weighted by atomic mass is 35.5. The van der Waals surface area contributed by atoms with Crippen LogP contribution in [0, 0.1) is 23.7 Å². The van der Waals surface area contributed by atoms with Crippen LogP contribution in [0.25, 0.3) is 0 Å². The average Bonchev–Trinajstić information content (AvgIpc) is 4.11. The SMILES string of the molecule is O=C(N[C@@H]1CCCC[C@@H]1C(=O)N1CC[C@@H]2[C@H](c3ccccc3)Nc3c(Cl)cccc3[C@@H]21)c1ccccc1.O=C(N[C@@H]1CCCC[C@@H]1C(=O)N1CC[C@H]2[C@@H](c3ccccc3)Nc3c(Cl)cccc3[C@H]21)c1ccccc1. The largest absolute Gasteiger partial charge is 0.376 e. The minimum atomic E-state index is -0.215. The molecule has 4 aliphatic heterocycles. The summed E-state index contributed by atoms with van der Waals surface area (Å²) in [5.41, 5.74) is 7.73. The molecule has 4 fully saturated rings. The summed E-state index contributed by atoms with van der Waals surface area (Å²) >= 11 is 13.4. The van der Waals surface area contributed by atoms with Gasteiger partial charge in [0.25, 0.3) is 11.8 Å². The number of para-hydroxylation sites is 2. The second-order valence-electron chi connectivity index (χ2n) is 21.0. The Morgan fingerprint density at radius 3 is 1.19 bits per heavy atom. The Balaban J connectivity index is 0.000000159. The van der Waals surface area contributed by atoms with Crippen LogP contribution in [-0.4, -0.2) is 58.6 Å². The third-order valence-electron chi connectivity index (χ3n) is 16.8. The Hall–Kier alpha value is -6.62. The lowest BCUT2D eigenvalue weighted by Crippen LogP contribution is -2.50. The van der Waals surface area contributed by atoms with Crippen molar-refractivity contribution in [2.75, 3.05) is 23.7 Å². The molecule has 10 atom stereocenters. The number of likely N-dealkylation sites (tertiary alicyclic amines) is 2.